The lowest BCUT2D eigenvalue weighted by Gasteiger charge is -2.10. The van der Waals surface area contributed by atoms with Crippen LogP contribution in [0.4, 0.5) is 0 Å². The van der Waals surface area contributed by atoms with Crippen LogP contribution in [0.3, 0.4) is 0 Å². The Morgan fingerprint density at radius 3 is 2.32 bits per heavy atom. The quantitative estimate of drug-likeness (QED) is 0.678. The van der Waals surface area contributed by atoms with Gasteiger partial charge in [0.25, 0.3) is 0 Å². The third kappa shape index (κ3) is 5.06. The van der Waals surface area contributed by atoms with Crippen LogP contribution >= 0.6 is 11.6 Å². The lowest BCUT2D eigenvalue weighted by Crippen LogP contribution is -2.16. The molecule has 2 aromatic carbocycles. The second-order valence-corrected chi connectivity index (χ2v) is 9.10. The fraction of sp³-hybridized carbons (Fsp3) is 0.316. The van der Waals surface area contributed by atoms with Gasteiger partial charge in [0.15, 0.2) is 15.6 Å². The van der Waals surface area contributed by atoms with Gasteiger partial charge in [-0.15, -0.1) is 0 Å². The Labute approximate surface area is 153 Å². The summed E-state index contributed by atoms with van der Waals surface area (Å²) in [6.45, 7) is 3.32. The molecule has 0 amide bonds. The Morgan fingerprint density at radius 1 is 1.12 bits per heavy atom. The third-order valence-corrected chi connectivity index (χ3v) is 6.36. The molecule has 0 spiro atoms. The van der Waals surface area contributed by atoms with Crippen molar-refractivity contribution < 1.29 is 17.9 Å². The summed E-state index contributed by atoms with van der Waals surface area (Å²) in [6, 6.07) is 11.8. The number of rotatable bonds is 7. The molecule has 0 saturated heterocycles. The molecule has 0 aliphatic heterocycles. The highest BCUT2D eigenvalue weighted by Crippen LogP contribution is 2.24. The molecular formula is C19H21ClO4S. The Morgan fingerprint density at radius 2 is 1.76 bits per heavy atom. The van der Waals surface area contributed by atoms with Crippen LogP contribution < -0.4 is 4.74 Å². The smallest absolute Gasteiger partial charge is 0.167 e. The summed E-state index contributed by atoms with van der Waals surface area (Å²) in [5.41, 5.74) is 1.91. The normalized spacial score (nSPS) is 11.6. The molecule has 6 heteroatoms. The van der Waals surface area contributed by atoms with E-state index in [-0.39, 0.29) is 18.0 Å². The summed E-state index contributed by atoms with van der Waals surface area (Å²) >= 11 is 5.99. The first-order valence-electron chi connectivity index (χ1n) is 7.89. The van der Waals surface area contributed by atoms with Gasteiger partial charge in [-0.25, -0.2) is 8.42 Å². The van der Waals surface area contributed by atoms with Crippen LogP contribution in [-0.4, -0.2) is 26.6 Å². The number of hydrogen-bond acceptors (Lipinski definition) is 4. The average Bonchev–Trinajstić information content (AvgIpc) is 2.55. The zero-order chi connectivity index (χ0) is 18.6. The Kier molecular flexibility index (Phi) is 6.25. The van der Waals surface area contributed by atoms with Crippen LogP contribution in [0.5, 0.6) is 5.75 Å². The van der Waals surface area contributed by atoms with E-state index in [2.05, 4.69) is 0 Å². The zero-order valence-corrected chi connectivity index (χ0v) is 16.0. The van der Waals surface area contributed by atoms with Crippen molar-refractivity contribution in [2.45, 2.75) is 31.3 Å². The van der Waals surface area contributed by atoms with Crippen molar-refractivity contribution in [3.8, 4) is 5.75 Å². The van der Waals surface area contributed by atoms with Crippen molar-refractivity contribution >= 4 is 27.2 Å². The highest BCUT2D eigenvalue weighted by Gasteiger charge is 2.17. The van der Waals surface area contributed by atoms with E-state index in [1.165, 1.54) is 0 Å². The third-order valence-electron chi connectivity index (χ3n) is 3.96. The second-order valence-electron chi connectivity index (χ2n) is 6.11. The zero-order valence-electron chi connectivity index (χ0n) is 14.5. The van der Waals surface area contributed by atoms with E-state index in [1.807, 2.05) is 0 Å². The number of methoxy groups -OCH3 is 1. The summed E-state index contributed by atoms with van der Waals surface area (Å²) < 4.78 is 29.2. The van der Waals surface area contributed by atoms with Gasteiger partial charge in [0.05, 0.1) is 18.1 Å². The molecule has 0 atom stereocenters. The molecule has 0 radical (unpaired) electrons. The van der Waals surface area contributed by atoms with Gasteiger partial charge in [-0.05, 0) is 37.6 Å². The largest absolute Gasteiger partial charge is 0.496 e. The van der Waals surface area contributed by atoms with Crippen LogP contribution in [0.15, 0.2) is 42.5 Å². The van der Waals surface area contributed by atoms with Gasteiger partial charge < -0.3 is 4.74 Å². The van der Waals surface area contributed by atoms with E-state index in [0.29, 0.717) is 27.5 Å². The summed E-state index contributed by atoms with van der Waals surface area (Å²) in [5, 5.41) is 0.113. The minimum Gasteiger partial charge on any atom is -0.496 e. The fourth-order valence-corrected chi connectivity index (χ4v) is 3.53. The summed E-state index contributed by atoms with van der Waals surface area (Å²) in [6.07, 6.45) is 0.160. The highest BCUT2D eigenvalue weighted by atomic mass is 35.5. The monoisotopic (exact) mass is 380 g/mol. The Bertz CT molecular complexity index is 855. The highest BCUT2D eigenvalue weighted by molar-refractivity contribution is 7.91. The van der Waals surface area contributed by atoms with Crippen molar-refractivity contribution in [3.63, 3.8) is 0 Å². The summed E-state index contributed by atoms with van der Waals surface area (Å²) in [7, 11) is -1.62. The van der Waals surface area contributed by atoms with E-state index in [4.69, 9.17) is 16.3 Å². The van der Waals surface area contributed by atoms with Gasteiger partial charge >= 0.3 is 0 Å². The molecule has 134 valence electrons. The van der Waals surface area contributed by atoms with Crippen LogP contribution in [-0.2, 0) is 22.0 Å². The summed E-state index contributed by atoms with van der Waals surface area (Å²) in [5.74, 6) is 0.498. The average molecular weight is 381 g/mol. The number of Topliss-reactive ketones (excluding diaryl/α,β-unsaturated/α-hetero) is 1. The van der Waals surface area contributed by atoms with Gasteiger partial charge in [-0.3, -0.25) is 4.79 Å². The molecule has 4 nitrogen and oxygen atoms in total. The predicted octanol–water partition coefficient (Wildman–Crippen LogP) is 4.10. The standard InChI is InChI=1S/C19H21ClO4S/c1-13(2)25(22,23)12-14-4-6-15(7-5-14)18(21)11-16-10-17(20)8-9-19(16)24-3/h4-10,13H,11-12H2,1-3H3. The Balaban J connectivity index is 2.15. The molecule has 25 heavy (non-hydrogen) atoms. The maximum atomic E-state index is 12.5. The van der Waals surface area contributed by atoms with Crippen LogP contribution in [0.2, 0.25) is 5.02 Å². The molecule has 0 aromatic heterocycles. The van der Waals surface area contributed by atoms with Gasteiger partial charge in [0.2, 0.25) is 0 Å². The molecule has 0 bridgehead atoms. The SMILES string of the molecule is COc1ccc(Cl)cc1CC(=O)c1ccc(CS(=O)(=O)C(C)C)cc1. The van der Waals surface area contributed by atoms with E-state index in [1.54, 1.807) is 63.4 Å². The first-order chi connectivity index (χ1) is 11.7. The van der Waals surface area contributed by atoms with Crippen LogP contribution in [0.25, 0.3) is 0 Å². The molecule has 0 aliphatic rings. The maximum absolute atomic E-state index is 12.5. The first kappa shape index (κ1) is 19.5. The summed E-state index contributed by atoms with van der Waals surface area (Å²) in [4.78, 5) is 12.5. The maximum Gasteiger partial charge on any atom is 0.167 e. The van der Waals surface area contributed by atoms with Crippen molar-refractivity contribution in [1.29, 1.82) is 0 Å². The van der Waals surface area contributed by atoms with E-state index >= 15 is 0 Å². The number of carbonyl (C=O) groups excluding carboxylic acids is 1. The molecule has 0 saturated carbocycles. The topological polar surface area (TPSA) is 60.4 Å². The number of benzene rings is 2. The van der Waals surface area contributed by atoms with Gasteiger partial charge in [-0.1, -0.05) is 35.9 Å². The molecule has 0 heterocycles. The molecule has 2 rings (SSSR count). The van der Waals surface area contributed by atoms with Gasteiger partial charge in [-0.2, -0.15) is 0 Å². The molecule has 0 fully saturated rings. The van der Waals surface area contributed by atoms with E-state index in [9.17, 15) is 13.2 Å². The van der Waals surface area contributed by atoms with Crippen molar-refractivity contribution in [2.75, 3.05) is 7.11 Å². The van der Waals surface area contributed by atoms with Gasteiger partial charge in [0, 0.05) is 22.6 Å². The van der Waals surface area contributed by atoms with Crippen molar-refractivity contribution in [3.05, 3.63) is 64.2 Å². The minimum atomic E-state index is -3.16. The lowest BCUT2D eigenvalue weighted by atomic mass is 10.0. The van der Waals surface area contributed by atoms with E-state index < -0.39 is 15.1 Å². The second kappa shape index (κ2) is 8.02. The van der Waals surface area contributed by atoms with Crippen LogP contribution in [0, 0.1) is 0 Å². The number of carbonyl (C=O) groups is 1. The Hall–Kier alpha value is -1.85. The minimum absolute atomic E-state index is 0.0265. The molecule has 0 N–H and O–H groups in total. The lowest BCUT2D eigenvalue weighted by molar-refractivity contribution is 0.0992. The molecular weight excluding hydrogens is 360 g/mol. The number of hydrogen-bond donors (Lipinski definition) is 0. The predicted molar refractivity (Wildman–Crippen MR) is 100 cm³/mol. The van der Waals surface area contributed by atoms with Gasteiger partial charge in [0.1, 0.15) is 5.75 Å². The number of halogens is 1. The fourth-order valence-electron chi connectivity index (χ4n) is 2.35. The van der Waals surface area contributed by atoms with Crippen molar-refractivity contribution in [2.24, 2.45) is 0 Å². The number of ketones is 1. The molecule has 0 aliphatic carbocycles. The molecule has 0 unspecified atom stereocenters. The number of ether oxygens (including phenoxy) is 1. The number of sulfone groups is 1. The van der Waals surface area contributed by atoms with E-state index in [0.717, 1.165) is 0 Å². The molecule has 2 aromatic rings. The van der Waals surface area contributed by atoms with Crippen molar-refractivity contribution in [1.82, 2.24) is 0 Å². The van der Waals surface area contributed by atoms with Crippen LogP contribution in [0.1, 0.15) is 35.3 Å². The first-order valence-corrected chi connectivity index (χ1v) is 9.98.